The van der Waals surface area contributed by atoms with E-state index < -0.39 is 0 Å². The summed E-state index contributed by atoms with van der Waals surface area (Å²) in [6.45, 7) is 1.82. The summed E-state index contributed by atoms with van der Waals surface area (Å²) in [6.07, 6.45) is 5.75. The number of aromatic nitrogens is 4. The molecule has 0 saturated heterocycles. The molecular formula is C19H17N5O3. The molecule has 0 unspecified atom stereocenters. The number of furan rings is 1. The maximum atomic E-state index is 12.2. The number of carbonyl (C=O) groups excluding carboxylic acids is 1. The van der Waals surface area contributed by atoms with Crippen LogP contribution in [0.15, 0.2) is 63.9 Å². The molecule has 0 bridgehead atoms. The second kappa shape index (κ2) is 7.28. The van der Waals surface area contributed by atoms with E-state index in [4.69, 9.17) is 8.83 Å². The van der Waals surface area contributed by atoms with Crippen LogP contribution >= 0.6 is 0 Å². The molecule has 1 N–H and O–H groups in total. The van der Waals surface area contributed by atoms with E-state index in [0.717, 1.165) is 16.9 Å². The molecule has 0 spiro atoms. The third-order valence-electron chi connectivity index (χ3n) is 4.04. The average Bonchev–Trinajstić information content (AvgIpc) is 3.42. The SMILES string of the molecule is Cc1occc1-c1nnc(CCC(=O)Nc2ccc(-n3cccn3)cc2)o1. The van der Waals surface area contributed by atoms with Gasteiger partial charge in [-0.05, 0) is 43.3 Å². The highest BCUT2D eigenvalue weighted by Crippen LogP contribution is 2.23. The van der Waals surface area contributed by atoms with Crippen molar-refractivity contribution in [1.29, 1.82) is 0 Å². The minimum atomic E-state index is -0.124. The molecule has 4 aromatic rings. The summed E-state index contributed by atoms with van der Waals surface area (Å²) >= 11 is 0. The first-order valence-corrected chi connectivity index (χ1v) is 8.46. The van der Waals surface area contributed by atoms with Gasteiger partial charge in [0.15, 0.2) is 0 Å². The summed E-state index contributed by atoms with van der Waals surface area (Å²) in [7, 11) is 0. The molecule has 136 valence electrons. The standard InChI is InChI=1S/C19H17N5O3/c1-13-16(9-12-26-13)19-23-22-18(27-19)8-7-17(25)21-14-3-5-15(6-4-14)24-11-2-10-20-24/h2-6,9-12H,7-8H2,1H3,(H,21,25). The maximum Gasteiger partial charge on any atom is 0.251 e. The largest absolute Gasteiger partial charge is 0.469 e. The van der Waals surface area contributed by atoms with E-state index in [9.17, 15) is 4.79 Å². The van der Waals surface area contributed by atoms with Gasteiger partial charge in [-0.15, -0.1) is 10.2 Å². The number of aryl methyl sites for hydroxylation is 2. The molecule has 0 aliphatic carbocycles. The zero-order valence-corrected chi connectivity index (χ0v) is 14.6. The molecule has 0 aliphatic rings. The summed E-state index contributed by atoms with van der Waals surface area (Å²) in [5.41, 5.74) is 2.40. The molecule has 8 nitrogen and oxygen atoms in total. The lowest BCUT2D eigenvalue weighted by molar-refractivity contribution is -0.116. The Kier molecular flexibility index (Phi) is 4.52. The van der Waals surface area contributed by atoms with Crippen molar-refractivity contribution in [1.82, 2.24) is 20.0 Å². The Morgan fingerprint density at radius 1 is 1.19 bits per heavy atom. The predicted octanol–water partition coefficient (Wildman–Crippen LogP) is 3.40. The first-order chi connectivity index (χ1) is 13.2. The van der Waals surface area contributed by atoms with Gasteiger partial charge in [-0.3, -0.25) is 4.79 Å². The van der Waals surface area contributed by atoms with Crippen molar-refractivity contribution in [2.45, 2.75) is 19.8 Å². The van der Waals surface area contributed by atoms with Gasteiger partial charge in [-0.25, -0.2) is 4.68 Å². The van der Waals surface area contributed by atoms with E-state index in [1.54, 1.807) is 23.2 Å². The Labute approximate surface area is 154 Å². The highest BCUT2D eigenvalue weighted by atomic mass is 16.4. The molecule has 4 rings (SSSR count). The van der Waals surface area contributed by atoms with Crippen molar-refractivity contribution in [3.05, 3.63) is 66.7 Å². The number of nitrogens with one attached hydrogen (secondary N) is 1. The number of benzene rings is 1. The Bertz CT molecular complexity index is 1030. The molecule has 0 saturated carbocycles. The molecule has 0 radical (unpaired) electrons. The second-order valence-electron chi connectivity index (χ2n) is 5.94. The van der Waals surface area contributed by atoms with Crippen molar-refractivity contribution >= 4 is 11.6 Å². The van der Waals surface area contributed by atoms with E-state index in [1.807, 2.05) is 43.5 Å². The number of amides is 1. The Morgan fingerprint density at radius 2 is 2.04 bits per heavy atom. The molecule has 3 aromatic heterocycles. The minimum absolute atomic E-state index is 0.124. The molecule has 0 atom stereocenters. The molecule has 0 aliphatic heterocycles. The number of hydrogen-bond acceptors (Lipinski definition) is 6. The summed E-state index contributed by atoms with van der Waals surface area (Å²) in [4.78, 5) is 12.2. The summed E-state index contributed by atoms with van der Waals surface area (Å²) < 4.78 is 12.6. The lowest BCUT2D eigenvalue weighted by Crippen LogP contribution is -2.12. The summed E-state index contributed by atoms with van der Waals surface area (Å²) in [6, 6.07) is 11.1. The van der Waals surface area contributed by atoms with E-state index in [1.165, 1.54) is 0 Å². The minimum Gasteiger partial charge on any atom is -0.469 e. The van der Waals surface area contributed by atoms with Gasteiger partial charge in [0.05, 0.1) is 17.5 Å². The third-order valence-corrected chi connectivity index (χ3v) is 4.04. The van der Waals surface area contributed by atoms with Crippen molar-refractivity contribution in [2.24, 2.45) is 0 Å². The van der Waals surface area contributed by atoms with E-state index in [0.29, 0.717) is 24.0 Å². The fraction of sp³-hybridized carbons (Fsp3) is 0.158. The number of hydrogen-bond donors (Lipinski definition) is 1. The fourth-order valence-corrected chi connectivity index (χ4v) is 2.63. The summed E-state index contributed by atoms with van der Waals surface area (Å²) in [5, 5.41) is 15.0. The zero-order valence-electron chi connectivity index (χ0n) is 14.6. The highest BCUT2D eigenvalue weighted by molar-refractivity contribution is 5.90. The van der Waals surface area contributed by atoms with Crippen molar-refractivity contribution in [2.75, 3.05) is 5.32 Å². The van der Waals surface area contributed by atoms with E-state index in [2.05, 4.69) is 20.6 Å². The van der Waals surface area contributed by atoms with Crippen LogP contribution in [-0.2, 0) is 11.2 Å². The number of nitrogens with zero attached hydrogens (tertiary/aromatic N) is 4. The van der Waals surface area contributed by atoms with Gasteiger partial charge in [0.25, 0.3) is 5.89 Å². The Balaban J connectivity index is 1.32. The lowest BCUT2D eigenvalue weighted by atomic mass is 10.2. The quantitative estimate of drug-likeness (QED) is 0.564. The first kappa shape index (κ1) is 16.8. The number of carbonyl (C=O) groups is 1. The normalized spacial score (nSPS) is 10.9. The summed E-state index contributed by atoms with van der Waals surface area (Å²) in [5.74, 6) is 1.39. The van der Waals surface area contributed by atoms with Gasteiger partial charge in [0.2, 0.25) is 11.8 Å². The fourth-order valence-electron chi connectivity index (χ4n) is 2.63. The molecule has 3 heterocycles. The van der Waals surface area contributed by atoms with Crippen LogP contribution in [0.3, 0.4) is 0 Å². The maximum absolute atomic E-state index is 12.2. The van der Waals surface area contributed by atoms with Crippen LogP contribution in [0, 0.1) is 6.92 Å². The molecule has 8 heteroatoms. The van der Waals surface area contributed by atoms with Crippen LogP contribution in [0.25, 0.3) is 17.1 Å². The third kappa shape index (κ3) is 3.79. The highest BCUT2D eigenvalue weighted by Gasteiger charge is 2.14. The molecular weight excluding hydrogens is 346 g/mol. The average molecular weight is 363 g/mol. The monoisotopic (exact) mass is 363 g/mol. The van der Waals surface area contributed by atoms with Gasteiger partial charge in [0, 0.05) is 30.9 Å². The first-order valence-electron chi connectivity index (χ1n) is 8.46. The lowest BCUT2D eigenvalue weighted by Gasteiger charge is -2.06. The van der Waals surface area contributed by atoms with Crippen LogP contribution in [0.5, 0.6) is 0 Å². The van der Waals surface area contributed by atoms with E-state index in [-0.39, 0.29) is 12.3 Å². The molecule has 1 aromatic carbocycles. The van der Waals surface area contributed by atoms with Gasteiger partial charge < -0.3 is 14.2 Å². The van der Waals surface area contributed by atoms with Crippen molar-refractivity contribution in [3.63, 3.8) is 0 Å². The van der Waals surface area contributed by atoms with Crippen LogP contribution in [0.4, 0.5) is 5.69 Å². The molecule has 1 amide bonds. The second-order valence-corrected chi connectivity index (χ2v) is 5.94. The Hall–Kier alpha value is -3.68. The van der Waals surface area contributed by atoms with Crippen LogP contribution in [0.2, 0.25) is 0 Å². The predicted molar refractivity (Wildman–Crippen MR) is 97.3 cm³/mol. The van der Waals surface area contributed by atoms with Crippen LogP contribution in [-0.4, -0.2) is 25.9 Å². The number of rotatable bonds is 6. The topological polar surface area (TPSA) is 99.0 Å². The van der Waals surface area contributed by atoms with Crippen LogP contribution < -0.4 is 5.32 Å². The van der Waals surface area contributed by atoms with Crippen molar-refractivity contribution < 1.29 is 13.6 Å². The molecule has 0 fully saturated rings. The van der Waals surface area contributed by atoms with Gasteiger partial charge in [0.1, 0.15) is 5.76 Å². The smallest absolute Gasteiger partial charge is 0.251 e. The van der Waals surface area contributed by atoms with E-state index >= 15 is 0 Å². The van der Waals surface area contributed by atoms with Gasteiger partial charge in [-0.2, -0.15) is 5.10 Å². The number of anilines is 1. The van der Waals surface area contributed by atoms with Gasteiger partial charge >= 0.3 is 0 Å². The van der Waals surface area contributed by atoms with Crippen LogP contribution in [0.1, 0.15) is 18.1 Å². The van der Waals surface area contributed by atoms with Crippen molar-refractivity contribution in [3.8, 4) is 17.1 Å². The van der Waals surface area contributed by atoms with Gasteiger partial charge in [-0.1, -0.05) is 0 Å². The zero-order chi connectivity index (χ0) is 18.6. The Morgan fingerprint density at radius 3 is 2.74 bits per heavy atom. The molecule has 27 heavy (non-hydrogen) atoms.